The zero-order chi connectivity index (χ0) is 20.4. The summed E-state index contributed by atoms with van der Waals surface area (Å²) in [5.74, 6) is 1.72. The lowest BCUT2D eigenvalue weighted by Crippen LogP contribution is -2.15. The van der Waals surface area contributed by atoms with Crippen molar-refractivity contribution in [1.29, 1.82) is 0 Å². The molecule has 4 rings (SSSR count). The molecular weight excluding hydrogens is 393 g/mol. The van der Waals surface area contributed by atoms with Crippen LogP contribution in [0.5, 0.6) is 11.5 Å². The predicted octanol–water partition coefficient (Wildman–Crippen LogP) is 3.92. The third-order valence-corrected chi connectivity index (χ3v) is 6.01. The van der Waals surface area contributed by atoms with Crippen LogP contribution < -0.4 is 14.8 Å². The summed E-state index contributed by atoms with van der Waals surface area (Å²) in [6, 6.07) is 12.1. The van der Waals surface area contributed by atoms with Crippen LogP contribution in [0.4, 0.5) is 10.2 Å². The molecule has 0 aliphatic carbocycles. The Bertz CT molecular complexity index is 1050. The number of thioether (sulfide) groups is 1. The van der Waals surface area contributed by atoms with Gasteiger partial charge in [0.05, 0.1) is 24.3 Å². The highest BCUT2D eigenvalue weighted by Gasteiger charge is 2.27. The molecule has 1 aliphatic rings. The molecule has 1 atom stereocenters. The van der Waals surface area contributed by atoms with Crippen molar-refractivity contribution in [1.82, 2.24) is 9.78 Å². The van der Waals surface area contributed by atoms with Crippen LogP contribution in [0.3, 0.4) is 0 Å². The number of benzene rings is 2. The number of rotatable bonds is 5. The Balaban J connectivity index is 1.66. The average Bonchev–Trinajstić information content (AvgIpc) is 2.98. The summed E-state index contributed by atoms with van der Waals surface area (Å²) in [6.45, 7) is 0.0858. The number of carbonyl (C=O) groups excluding carboxylic acids is 1. The first-order valence-corrected chi connectivity index (χ1v) is 10.1. The number of hydrogen-bond acceptors (Lipinski definition) is 5. The monoisotopic (exact) mass is 413 g/mol. The second-order valence-corrected chi connectivity index (χ2v) is 7.70. The molecule has 0 bridgehead atoms. The lowest BCUT2D eigenvalue weighted by molar-refractivity contribution is -0.113. The predicted molar refractivity (Wildman–Crippen MR) is 110 cm³/mol. The molecule has 29 heavy (non-hydrogen) atoms. The standard InChI is InChI=1S/C21H20FN3O3S/c1-25-21-15(10-23-25)20(29-12-19(26)24-21)13-7-8-17(27-2)18(9-13)28-11-14-5-3-4-6-16(14)22/h3-10,20H,11-12H2,1-2H3,(H,24,26)/t20-/m0/s1. The fraction of sp³-hybridized carbons (Fsp3) is 0.238. The molecule has 8 heteroatoms. The van der Waals surface area contributed by atoms with Crippen LogP contribution in [0.15, 0.2) is 48.7 Å². The number of carbonyl (C=O) groups is 1. The zero-order valence-electron chi connectivity index (χ0n) is 16.0. The summed E-state index contributed by atoms with van der Waals surface area (Å²) in [7, 11) is 3.36. The molecule has 2 heterocycles. The van der Waals surface area contributed by atoms with E-state index in [1.54, 1.807) is 43.2 Å². The number of halogens is 1. The zero-order valence-corrected chi connectivity index (χ0v) is 16.8. The summed E-state index contributed by atoms with van der Waals surface area (Å²) in [6.07, 6.45) is 1.77. The van der Waals surface area contributed by atoms with Crippen molar-refractivity contribution >= 4 is 23.5 Å². The van der Waals surface area contributed by atoms with Gasteiger partial charge < -0.3 is 14.8 Å². The molecule has 0 saturated heterocycles. The van der Waals surface area contributed by atoms with Crippen LogP contribution in [0.25, 0.3) is 0 Å². The minimum Gasteiger partial charge on any atom is -0.493 e. The Hall–Kier alpha value is -3.00. The van der Waals surface area contributed by atoms with E-state index in [0.717, 1.165) is 11.1 Å². The minimum atomic E-state index is -0.313. The van der Waals surface area contributed by atoms with Gasteiger partial charge in [0.1, 0.15) is 18.2 Å². The molecule has 2 aromatic carbocycles. The number of anilines is 1. The van der Waals surface area contributed by atoms with Crippen molar-refractivity contribution in [2.45, 2.75) is 11.9 Å². The lowest BCUT2D eigenvalue weighted by atomic mass is 10.1. The number of methoxy groups -OCH3 is 1. The number of nitrogens with one attached hydrogen (secondary N) is 1. The maximum Gasteiger partial charge on any atom is 0.235 e. The van der Waals surface area contributed by atoms with Gasteiger partial charge in [-0.05, 0) is 23.8 Å². The molecule has 6 nitrogen and oxygen atoms in total. The number of nitrogens with zero attached hydrogens (tertiary/aromatic N) is 2. The number of aryl methyl sites for hydroxylation is 1. The Morgan fingerprint density at radius 1 is 1.28 bits per heavy atom. The van der Waals surface area contributed by atoms with Crippen LogP contribution in [0.1, 0.15) is 21.9 Å². The third kappa shape index (κ3) is 3.93. The topological polar surface area (TPSA) is 65.4 Å². The molecule has 1 N–H and O–H groups in total. The van der Waals surface area contributed by atoms with Gasteiger partial charge in [0.25, 0.3) is 0 Å². The van der Waals surface area contributed by atoms with E-state index in [9.17, 15) is 9.18 Å². The van der Waals surface area contributed by atoms with Crippen LogP contribution >= 0.6 is 11.8 Å². The van der Waals surface area contributed by atoms with Crippen LogP contribution in [-0.2, 0) is 18.4 Å². The average molecular weight is 413 g/mol. The molecule has 0 spiro atoms. The van der Waals surface area contributed by atoms with Gasteiger partial charge in [-0.2, -0.15) is 5.10 Å². The molecule has 1 aromatic heterocycles. The smallest absolute Gasteiger partial charge is 0.235 e. The summed E-state index contributed by atoms with van der Waals surface area (Å²) in [4.78, 5) is 12.1. The quantitative estimate of drug-likeness (QED) is 0.687. The van der Waals surface area contributed by atoms with Gasteiger partial charge in [-0.15, -0.1) is 11.8 Å². The number of amides is 1. The summed E-state index contributed by atoms with van der Waals surface area (Å²) < 4.78 is 26.9. The Morgan fingerprint density at radius 3 is 2.90 bits per heavy atom. The summed E-state index contributed by atoms with van der Waals surface area (Å²) in [5, 5.41) is 7.09. The maximum atomic E-state index is 13.9. The molecule has 0 radical (unpaired) electrons. The van der Waals surface area contributed by atoms with Gasteiger partial charge in [0, 0.05) is 18.2 Å². The van der Waals surface area contributed by atoms with E-state index in [-0.39, 0.29) is 23.6 Å². The van der Waals surface area contributed by atoms with Crippen LogP contribution in [0.2, 0.25) is 0 Å². The molecule has 3 aromatic rings. The Kier molecular flexibility index (Phi) is 5.44. The molecule has 1 amide bonds. The molecule has 150 valence electrons. The van der Waals surface area contributed by atoms with Crippen LogP contribution in [-0.4, -0.2) is 28.6 Å². The van der Waals surface area contributed by atoms with Gasteiger partial charge in [-0.3, -0.25) is 9.48 Å². The van der Waals surface area contributed by atoms with Crippen molar-refractivity contribution in [3.8, 4) is 11.5 Å². The molecular formula is C21H20FN3O3S. The number of ether oxygens (including phenoxy) is 2. The van der Waals surface area contributed by atoms with Crippen molar-refractivity contribution < 1.29 is 18.7 Å². The van der Waals surface area contributed by atoms with Gasteiger partial charge in [0.15, 0.2) is 11.5 Å². The van der Waals surface area contributed by atoms with E-state index < -0.39 is 0 Å². The normalized spacial score (nSPS) is 16.0. The number of fused-ring (bicyclic) bond motifs is 1. The first-order chi connectivity index (χ1) is 14.1. The minimum absolute atomic E-state index is 0.0631. The van der Waals surface area contributed by atoms with Crippen molar-refractivity contribution in [2.75, 3.05) is 18.2 Å². The summed E-state index contributed by atoms with van der Waals surface area (Å²) in [5.41, 5.74) is 2.34. The molecule has 0 saturated carbocycles. The highest BCUT2D eigenvalue weighted by Crippen LogP contribution is 2.43. The lowest BCUT2D eigenvalue weighted by Gasteiger charge is -2.17. The van der Waals surface area contributed by atoms with E-state index in [1.165, 1.54) is 17.8 Å². The Morgan fingerprint density at radius 2 is 2.10 bits per heavy atom. The number of aromatic nitrogens is 2. The van der Waals surface area contributed by atoms with Crippen molar-refractivity contribution in [3.63, 3.8) is 0 Å². The number of hydrogen-bond donors (Lipinski definition) is 1. The first kappa shape index (κ1) is 19.3. The van der Waals surface area contributed by atoms with Crippen LogP contribution in [0, 0.1) is 5.82 Å². The van der Waals surface area contributed by atoms with E-state index in [2.05, 4.69) is 10.4 Å². The summed E-state index contributed by atoms with van der Waals surface area (Å²) >= 11 is 1.52. The van der Waals surface area contributed by atoms with Gasteiger partial charge in [-0.25, -0.2) is 4.39 Å². The second kappa shape index (κ2) is 8.16. The first-order valence-electron chi connectivity index (χ1n) is 9.04. The fourth-order valence-electron chi connectivity index (χ4n) is 3.23. The van der Waals surface area contributed by atoms with Gasteiger partial charge >= 0.3 is 0 Å². The third-order valence-electron chi connectivity index (χ3n) is 4.72. The maximum absolute atomic E-state index is 13.9. The highest BCUT2D eigenvalue weighted by atomic mass is 32.2. The van der Waals surface area contributed by atoms with Crippen molar-refractivity contribution in [2.24, 2.45) is 7.05 Å². The highest BCUT2D eigenvalue weighted by molar-refractivity contribution is 8.00. The van der Waals surface area contributed by atoms with E-state index in [0.29, 0.717) is 28.6 Å². The van der Waals surface area contributed by atoms with E-state index >= 15 is 0 Å². The SMILES string of the molecule is COc1ccc([C@@H]2SCC(=O)Nc3c2cnn3C)cc1OCc1ccccc1F. The molecule has 0 unspecified atom stereocenters. The van der Waals surface area contributed by atoms with Gasteiger partial charge in [0.2, 0.25) is 5.91 Å². The van der Waals surface area contributed by atoms with E-state index in [4.69, 9.17) is 9.47 Å². The second-order valence-electron chi connectivity index (χ2n) is 6.60. The van der Waals surface area contributed by atoms with E-state index in [1.807, 2.05) is 18.2 Å². The fourth-order valence-corrected chi connectivity index (χ4v) is 4.31. The largest absolute Gasteiger partial charge is 0.493 e. The van der Waals surface area contributed by atoms with Gasteiger partial charge in [-0.1, -0.05) is 24.3 Å². The molecule has 0 fully saturated rings. The van der Waals surface area contributed by atoms with Crippen molar-refractivity contribution in [3.05, 3.63) is 71.2 Å². The molecule has 1 aliphatic heterocycles. The Labute approximate surface area is 172 Å².